The number of H-pyrrole nitrogens is 1. The van der Waals surface area contributed by atoms with Crippen LogP contribution in [0.25, 0.3) is 11.1 Å². The third kappa shape index (κ3) is 2.55. The zero-order valence-corrected chi connectivity index (χ0v) is 17.2. The number of fused-ring (bicyclic) bond motifs is 1. The molecule has 150 valence electrons. The van der Waals surface area contributed by atoms with Crippen LogP contribution < -0.4 is 10.5 Å². The summed E-state index contributed by atoms with van der Waals surface area (Å²) in [5.41, 5.74) is 10.5. The molecule has 1 saturated carbocycles. The van der Waals surface area contributed by atoms with E-state index in [0.717, 1.165) is 47.2 Å². The summed E-state index contributed by atoms with van der Waals surface area (Å²) >= 11 is 6.61. The number of hydrogen-bond acceptors (Lipinski definition) is 5. The van der Waals surface area contributed by atoms with Crippen molar-refractivity contribution in [2.75, 3.05) is 0 Å². The van der Waals surface area contributed by atoms with Crippen LogP contribution in [0.5, 0.6) is 5.88 Å². The number of aromatic nitrogens is 3. The molecule has 2 aromatic heterocycles. The molecule has 7 heteroatoms. The summed E-state index contributed by atoms with van der Waals surface area (Å²) in [7, 11) is 0. The molecule has 0 spiro atoms. The zero-order chi connectivity index (χ0) is 20.9. The molecule has 5 rings (SSSR count). The summed E-state index contributed by atoms with van der Waals surface area (Å²) in [5.74, 6) is 0.731. The van der Waals surface area contributed by atoms with Crippen LogP contribution in [0.4, 0.5) is 0 Å². The van der Waals surface area contributed by atoms with Crippen molar-refractivity contribution in [3.63, 3.8) is 0 Å². The maximum atomic E-state index is 10.2. The van der Waals surface area contributed by atoms with E-state index < -0.39 is 5.41 Å². The number of aryl methyl sites for hydroxylation is 1. The Labute approximate surface area is 179 Å². The van der Waals surface area contributed by atoms with Gasteiger partial charge in [-0.3, -0.25) is 10.1 Å². The molecule has 6 nitrogen and oxygen atoms in total. The molecular formula is C23H20ClN5O. The molecule has 0 saturated heterocycles. The Bertz CT molecular complexity index is 1210. The number of aromatic amines is 1. The van der Waals surface area contributed by atoms with Gasteiger partial charge in [0.25, 0.3) is 0 Å². The quantitative estimate of drug-likeness (QED) is 0.648. The Hall–Kier alpha value is -3.30. The Morgan fingerprint density at radius 2 is 2.13 bits per heavy atom. The highest BCUT2D eigenvalue weighted by atomic mass is 35.5. The number of nitrogens with one attached hydrogen (secondary N) is 1. The van der Waals surface area contributed by atoms with Crippen molar-refractivity contribution in [2.45, 2.75) is 31.6 Å². The third-order valence-corrected chi connectivity index (χ3v) is 6.55. The minimum atomic E-state index is -0.760. The molecule has 1 aliphatic carbocycles. The molecule has 3 aromatic rings. The van der Waals surface area contributed by atoms with E-state index in [4.69, 9.17) is 22.1 Å². The molecule has 3 heterocycles. The van der Waals surface area contributed by atoms with Crippen molar-refractivity contribution in [3.05, 3.63) is 76.0 Å². The summed E-state index contributed by atoms with van der Waals surface area (Å²) in [5, 5.41) is 18.1. The predicted octanol–water partition coefficient (Wildman–Crippen LogP) is 4.61. The number of nitriles is 1. The van der Waals surface area contributed by atoms with Gasteiger partial charge in [0.1, 0.15) is 11.6 Å². The number of allylic oxidation sites excluding steroid dienone is 1. The number of halogens is 1. The van der Waals surface area contributed by atoms with Gasteiger partial charge in [-0.2, -0.15) is 5.26 Å². The van der Waals surface area contributed by atoms with Crippen LogP contribution in [0, 0.1) is 24.2 Å². The Morgan fingerprint density at radius 3 is 2.80 bits per heavy atom. The Morgan fingerprint density at radius 1 is 1.30 bits per heavy atom. The summed E-state index contributed by atoms with van der Waals surface area (Å²) < 4.78 is 5.75. The van der Waals surface area contributed by atoms with Gasteiger partial charge in [-0.1, -0.05) is 24.1 Å². The fourth-order valence-electron chi connectivity index (χ4n) is 4.85. The van der Waals surface area contributed by atoms with E-state index in [2.05, 4.69) is 27.3 Å². The van der Waals surface area contributed by atoms with Crippen molar-refractivity contribution in [2.24, 2.45) is 11.7 Å². The van der Waals surface area contributed by atoms with Gasteiger partial charge in [0.05, 0.1) is 11.0 Å². The molecular weight excluding hydrogens is 398 g/mol. The summed E-state index contributed by atoms with van der Waals surface area (Å²) in [6.45, 7) is 1.95. The maximum Gasteiger partial charge on any atom is 0.244 e. The first-order chi connectivity index (χ1) is 14.6. The summed E-state index contributed by atoms with van der Waals surface area (Å²) in [6.07, 6.45) is 6.61. The van der Waals surface area contributed by atoms with Gasteiger partial charge in [-0.15, -0.1) is 5.10 Å². The number of hydrogen-bond donors (Lipinski definition) is 2. The first kappa shape index (κ1) is 18.7. The van der Waals surface area contributed by atoms with E-state index in [0.29, 0.717) is 16.5 Å². The van der Waals surface area contributed by atoms with E-state index in [1.165, 1.54) is 0 Å². The lowest BCUT2D eigenvalue weighted by molar-refractivity contribution is 0.207. The first-order valence-electron chi connectivity index (χ1n) is 9.90. The minimum Gasteiger partial charge on any atom is -0.420 e. The Kier molecular flexibility index (Phi) is 4.30. The molecule has 1 fully saturated rings. The average molecular weight is 418 g/mol. The maximum absolute atomic E-state index is 10.2. The van der Waals surface area contributed by atoms with Gasteiger partial charge in [0.15, 0.2) is 0 Å². The summed E-state index contributed by atoms with van der Waals surface area (Å²) in [4.78, 5) is 4.24. The predicted molar refractivity (Wildman–Crippen MR) is 114 cm³/mol. The van der Waals surface area contributed by atoms with Gasteiger partial charge >= 0.3 is 0 Å². The highest BCUT2D eigenvalue weighted by molar-refractivity contribution is 6.31. The SMILES string of the molecule is Cc1[nH]nc2c1C(c1cc(Cl)cc(-c3cccnc3)c1)(C1CCC1)C(C#N)=C(N)O2. The van der Waals surface area contributed by atoms with E-state index in [9.17, 15) is 5.26 Å². The van der Waals surface area contributed by atoms with Crippen molar-refractivity contribution in [1.29, 1.82) is 5.26 Å². The van der Waals surface area contributed by atoms with Crippen LogP contribution in [-0.4, -0.2) is 15.2 Å². The normalized spacial score (nSPS) is 20.8. The van der Waals surface area contributed by atoms with Crippen LogP contribution in [0.2, 0.25) is 5.02 Å². The van der Waals surface area contributed by atoms with Gasteiger partial charge in [-0.25, -0.2) is 0 Å². The molecule has 0 radical (unpaired) electrons. The number of nitrogens with two attached hydrogens (primary N) is 1. The second-order valence-electron chi connectivity index (χ2n) is 7.89. The number of pyridine rings is 1. The van der Waals surface area contributed by atoms with Crippen LogP contribution in [0.3, 0.4) is 0 Å². The smallest absolute Gasteiger partial charge is 0.244 e. The van der Waals surface area contributed by atoms with E-state index in [1.807, 2.05) is 31.2 Å². The Balaban J connectivity index is 1.85. The van der Waals surface area contributed by atoms with E-state index in [1.54, 1.807) is 12.4 Å². The van der Waals surface area contributed by atoms with Crippen LogP contribution in [0.1, 0.15) is 36.1 Å². The second-order valence-corrected chi connectivity index (χ2v) is 8.32. The largest absolute Gasteiger partial charge is 0.420 e. The molecule has 2 aliphatic rings. The molecule has 3 N–H and O–H groups in total. The number of ether oxygens (including phenoxy) is 1. The van der Waals surface area contributed by atoms with Gasteiger partial charge in [0.2, 0.25) is 11.8 Å². The lowest BCUT2D eigenvalue weighted by Gasteiger charge is -2.47. The van der Waals surface area contributed by atoms with Crippen LogP contribution >= 0.6 is 11.6 Å². The third-order valence-electron chi connectivity index (χ3n) is 6.33. The van der Waals surface area contributed by atoms with Crippen molar-refractivity contribution in [1.82, 2.24) is 15.2 Å². The number of nitrogens with zero attached hydrogens (tertiary/aromatic N) is 3. The fourth-order valence-corrected chi connectivity index (χ4v) is 5.09. The highest BCUT2D eigenvalue weighted by Crippen LogP contribution is 2.58. The van der Waals surface area contributed by atoms with Gasteiger partial charge in [-0.05, 0) is 61.1 Å². The summed E-state index contributed by atoms with van der Waals surface area (Å²) in [6, 6.07) is 12.2. The van der Waals surface area contributed by atoms with Gasteiger partial charge < -0.3 is 10.5 Å². The second kappa shape index (κ2) is 6.89. The standard InChI is InChI=1S/C23H20ClN5O/c1-13-20-22(29-28-13)30-21(26)19(11-25)23(20,16-5-2-6-16)17-8-15(9-18(24)10-17)14-4-3-7-27-12-14/h3-4,7-10,12,16H,2,5-6,26H2,1H3,(H,28,29). The minimum absolute atomic E-state index is 0.103. The first-order valence-corrected chi connectivity index (χ1v) is 10.3. The van der Waals surface area contributed by atoms with Crippen molar-refractivity contribution >= 4 is 11.6 Å². The van der Waals surface area contributed by atoms with Gasteiger partial charge in [0, 0.05) is 28.7 Å². The molecule has 1 aromatic carbocycles. The molecule has 0 bridgehead atoms. The molecule has 0 amide bonds. The highest BCUT2D eigenvalue weighted by Gasteiger charge is 2.54. The molecule has 30 heavy (non-hydrogen) atoms. The number of rotatable bonds is 3. The van der Waals surface area contributed by atoms with Crippen LogP contribution in [-0.2, 0) is 5.41 Å². The van der Waals surface area contributed by atoms with Crippen LogP contribution in [0.15, 0.2) is 54.2 Å². The van der Waals surface area contributed by atoms with Crippen molar-refractivity contribution < 1.29 is 4.74 Å². The average Bonchev–Trinajstić information content (AvgIpc) is 3.07. The fraction of sp³-hybridized carbons (Fsp3) is 0.261. The molecule has 1 aliphatic heterocycles. The number of benzene rings is 1. The topological polar surface area (TPSA) is 101 Å². The lowest BCUT2D eigenvalue weighted by Crippen LogP contribution is -2.46. The van der Waals surface area contributed by atoms with Crippen molar-refractivity contribution in [3.8, 4) is 23.1 Å². The van der Waals surface area contributed by atoms with E-state index >= 15 is 0 Å². The monoisotopic (exact) mass is 417 g/mol. The van der Waals surface area contributed by atoms with E-state index in [-0.39, 0.29) is 11.8 Å². The zero-order valence-electron chi connectivity index (χ0n) is 16.4. The molecule has 1 atom stereocenters. The molecule has 1 unspecified atom stereocenters. The lowest BCUT2D eigenvalue weighted by atomic mass is 9.55.